The molecule has 0 bridgehead atoms. The molecule has 0 unspecified atom stereocenters. The van der Waals surface area contributed by atoms with Gasteiger partial charge in [-0.15, -0.1) is 0 Å². The normalized spacial score (nSPS) is 11.7. The zero-order valence-corrected chi connectivity index (χ0v) is 16.7. The Morgan fingerprint density at radius 1 is 1.14 bits per heavy atom. The highest BCUT2D eigenvalue weighted by Crippen LogP contribution is 2.37. The summed E-state index contributed by atoms with van der Waals surface area (Å²) in [5.41, 5.74) is -1.42. The van der Waals surface area contributed by atoms with Crippen molar-refractivity contribution in [1.29, 1.82) is 0 Å². The zero-order chi connectivity index (χ0) is 21.5. The minimum atomic E-state index is -4.63. The van der Waals surface area contributed by atoms with Crippen molar-refractivity contribution in [1.82, 2.24) is 4.90 Å². The number of ether oxygens (including phenoxy) is 3. The third-order valence-corrected chi connectivity index (χ3v) is 3.53. The van der Waals surface area contributed by atoms with Crippen molar-refractivity contribution in [3.63, 3.8) is 0 Å². The van der Waals surface area contributed by atoms with Crippen molar-refractivity contribution in [2.75, 3.05) is 27.3 Å². The van der Waals surface area contributed by atoms with Crippen LogP contribution in [0.1, 0.15) is 38.3 Å². The highest BCUT2D eigenvalue weighted by atomic mass is 19.4. The SMILES string of the molecule is COC(=O)Cc1ccc(OCCCN(C)C(=O)OC(C)(C)C)c(C(F)(F)F)c1. The number of carbonyl (C=O) groups excluding carboxylic acids is 2. The number of benzene rings is 1. The largest absolute Gasteiger partial charge is 0.493 e. The number of amides is 1. The molecule has 0 saturated heterocycles. The van der Waals surface area contributed by atoms with Gasteiger partial charge in [-0.2, -0.15) is 13.2 Å². The molecule has 1 rings (SSSR count). The minimum absolute atomic E-state index is 0.0213. The Labute approximate surface area is 162 Å². The summed E-state index contributed by atoms with van der Waals surface area (Å²) in [6.07, 6.45) is -5.10. The van der Waals surface area contributed by atoms with Gasteiger partial charge in [-0.1, -0.05) is 6.07 Å². The van der Waals surface area contributed by atoms with Gasteiger partial charge in [-0.05, 0) is 44.9 Å². The van der Waals surface area contributed by atoms with E-state index in [1.807, 2.05) is 0 Å². The fourth-order valence-electron chi connectivity index (χ4n) is 2.19. The van der Waals surface area contributed by atoms with E-state index < -0.39 is 29.4 Å². The molecule has 0 atom stereocenters. The predicted molar refractivity (Wildman–Crippen MR) is 96.1 cm³/mol. The summed E-state index contributed by atoms with van der Waals surface area (Å²) < 4.78 is 54.8. The van der Waals surface area contributed by atoms with Gasteiger partial charge < -0.3 is 19.1 Å². The van der Waals surface area contributed by atoms with Crippen LogP contribution in [0.25, 0.3) is 0 Å². The number of nitrogens with zero attached hydrogens (tertiary/aromatic N) is 1. The Morgan fingerprint density at radius 3 is 2.32 bits per heavy atom. The number of halogens is 3. The molecule has 0 N–H and O–H groups in total. The van der Waals surface area contributed by atoms with E-state index in [-0.39, 0.29) is 30.9 Å². The van der Waals surface area contributed by atoms with Gasteiger partial charge in [0.2, 0.25) is 0 Å². The van der Waals surface area contributed by atoms with Crippen LogP contribution in [0.15, 0.2) is 18.2 Å². The summed E-state index contributed by atoms with van der Waals surface area (Å²) in [6, 6.07) is 3.44. The molecule has 0 heterocycles. The van der Waals surface area contributed by atoms with E-state index in [1.165, 1.54) is 31.2 Å². The number of alkyl halides is 3. The van der Waals surface area contributed by atoms with Crippen molar-refractivity contribution in [2.24, 2.45) is 0 Å². The molecule has 0 aromatic heterocycles. The molecule has 6 nitrogen and oxygen atoms in total. The standard InChI is InChI=1S/C19H26F3NO5/c1-18(2,3)28-17(25)23(4)9-6-10-27-15-8-7-13(12-16(24)26-5)11-14(15)19(20,21)22/h7-8,11H,6,9-10,12H2,1-5H3. The van der Waals surface area contributed by atoms with Gasteiger partial charge in [-0.25, -0.2) is 4.79 Å². The lowest BCUT2D eigenvalue weighted by Gasteiger charge is -2.24. The lowest BCUT2D eigenvalue weighted by molar-refractivity contribution is -0.141. The Bertz CT molecular complexity index is 683. The third kappa shape index (κ3) is 8.06. The number of hydrogen-bond acceptors (Lipinski definition) is 5. The van der Waals surface area contributed by atoms with Crippen molar-refractivity contribution < 1.29 is 37.0 Å². The van der Waals surface area contributed by atoms with Crippen molar-refractivity contribution in [2.45, 2.75) is 45.4 Å². The van der Waals surface area contributed by atoms with Crippen LogP contribution in [0.5, 0.6) is 5.75 Å². The number of hydrogen-bond donors (Lipinski definition) is 0. The number of carbonyl (C=O) groups is 2. The molecule has 0 aliphatic carbocycles. The Balaban J connectivity index is 2.68. The monoisotopic (exact) mass is 405 g/mol. The molecule has 0 spiro atoms. The Kier molecular flexibility index (Phi) is 8.14. The molecule has 1 aromatic carbocycles. The van der Waals surface area contributed by atoms with Crippen LogP contribution < -0.4 is 4.74 Å². The second kappa shape index (κ2) is 9.66. The maximum absolute atomic E-state index is 13.3. The molecule has 0 aliphatic heterocycles. The molecule has 1 amide bonds. The van der Waals surface area contributed by atoms with Crippen LogP contribution in [-0.2, 0) is 26.9 Å². The van der Waals surface area contributed by atoms with Gasteiger partial charge in [0.15, 0.2) is 0 Å². The topological polar surface area (TPSA) is 65.1 Å². The molecule has 9 heteroatoms. The maximum atomic E-state index is 13.3. The fourth-order valence-corrected chi connectivity index (χ4v) is 2.19. The lowest BCUT2D eigenvalue weighted by Crippen LogP contribution is -2.35. The molecule has 158 valence electrons. The van der Waals surface area contributed by atoms with Gasteiger partial charge >= 0.3 is 18.2 Å². The highest BCUT2D eigenvalue weighted by Gasteiger charge is 2.34. The molecule has 28 heavy (non-hydrogen) atoms. The Morgan fingerprint density at radius 2 is 1.79 bits per heavy atom. The molecular weight excluding hydrogens is 379 g/mol. The number of esters is 1. The van der Waals surface area contributed by atoms with E-state index in [9.17, 15) is 22.8 Å². The first-order chi connectivity index (χ1) is 12.8. The summed E-state index contributed by atoms with van der Waals surface area (Å²) in [6.45, 7) is 5.46. The van der Waals surface area contributed by atoms with E-state index >= 15 is 0 Å². The van der Waals surface area contributed by atoms with Crippen LogP contribution in [0.2, 0.25) is 0 Å². The quantitative estimate of drug-likeness (QED) is 0.506. The first kappa shape index (κ1) is 23.6. The number of methoxy groups -OCH3 is 1. The third-order valence-electron chi connectivity index (χ3n) is 3.53. The smallest absolute Gasteiger partial charge is 0.419 e. The highest BCUT2D eigenvalue weighted by molar-refractivity contribution is 5.72. The van der Waals surface area contributed by atoms with Crippen molar-refractivity contribution in [3.05, 3.63) is 29.3 Å². The second-order valence-corrected chi connectivity index (χ2v) is 7.19. The fraction of sp³-hybridized carbons (Fsp3) is 0.579. The average Bonchev–Trinajstić information content (AvgIpc) is 2.56. The van der Waals surface area contributed by atoms with Crippen LogP contribution in [0.4, 0.5) is 18.0 Å². The zero-order valence-electron chi connectivity index (χ0n) is 16.7. The first-order valence-corrected chi connectivity index (χ1v) is 8.67. The van der Waals surface area contributed by atoms with E-state index in [0.717, 1.165) is 6.07 Å². The van der Waals surface area contributed by atoms with Crippen LogP contribution >= 0.6 is 0 Å². The molecular formula is C19H26F3NO5. The molecule has 0 saturated carbocycles. The average molecular weight is 405 g/mol. The molecule has 0 radical (unpaired) electrons. The van der Waals surface area contributed by atoms with Gasteiger partial charge in [-0.3, -0.25) is 4.79 Å². The van der Waals surface area contributed by atoms with Crippen LogP contribution in [0, 0.1) is 0 Å². The second-order valence-electron chi connectivity index (χ2n) is 7.19. The van der Waals surface area contributed by atoms with Crippen molar-refractivity contribution >= 4 is 12.1 Å². The molecule has 1 aromatic rings. The van der Waals surface area contributed by atoms with Crippen molar-refractivity contribution in [3.8, 4) is 5.75 Å². The summed E-state index contributed by atoms with van der Waals surface area (Å²) in [5, 5.41) is 0. The van der Waals surface area contributed by atoms with E-state index in [0.29, 0.717) is 6.42 Å². The summed E-state index contributed by atoms with van der Waals surface area (Å²) in [4.78, 5) is 24.4. The predicted octanol–water partition coefficient (Wildman–Crippen LogP) is 4.06. The summed E-state index contributed by atoms with van der Waals surface area (Å²) >= 11 is 0. The van der Waals surface area contributed by atoms with Gasteiger partial charge in [0, 0.05) is 13.6 Å². The minimum Gasteiger partial charge on any atom is -0.493 e. The van der Waals surface area contributed by atoms with Crippen LogP contribution in [0.3, 0.4) is 0 Å². The Hall–Kier alpha value is -2.45. The van der Waals surface area contributed by atoms with E-state index in [4.69, 9.17) is 9.47 Å². The van der Waals surface area contributed by atoms with Gasteiger partial charge in [0.1, 0.15) is 11.4 Å². The number of rotatable bonds is 7. The van der Waals surface area contributed by atoms with Gasteiger partial charge in [0.25, 0.3) is 0 Å². The first-order valence-electron chi connectivity index (χ1n) is 8.67. The molecule has 0 fully saturated rings. The summed E-state index contributed by atoms with van der Waals surface area (Å²) in [7, 11) is 2.70. The van der Waals surface area contributed by atoms with Gasteiger partial charge in [0.05, 0.1) is 25.7 Å². The maximum Gasteiger partial charge on any atom is 0.419 e. The van der Waals surface area contributed by atoms with E-state index in [1.54, 1.807) is 20.8 Å². The van der Waals surface area contributed by atoms with Crippen LogP contribution in [-0.4, -0.2) is 49.9 Å². The molecule has 0 aliphatic rings. The summed E-state index contributed by atoms with van der Waals surface area (Å²) in [5.74, 6) is -0.965. The lowest BCUT2D eigenvalue weighted by atomic mass is 10.1. The van der Waals surface area contributed by atoms with E-state index in [2.05, 4.69) is 4.74 Å².